The number of ether oxygens (including phenoxy) is 1. The number of carbonyl (C=O) groups is 1. The molecule has 2 aliphatic rings. The van der Waals surface area contributed by atoms with Crippen molar-refractivity contribution in [1.82, 2.24) is 8.61 Å². The first kappa shape index (κ1) is 16.8. The van der Waals surface area contributed by atoms with Crippen molar-refractivity contribution >= 4 is 16.2 Å². The standard InChI is InChI=1S/C9H13N3O5S.Na/c10-3-7-4-12(5-7)18(15,16)11-1-2-17-8(6-11)9(13)14;/h7-8H,1-2,4-6H2,(H,13,14);/q;+1/t8-;/m0./s1. The van der Waals surface area contributed by atoms with E-state index in [1.807, 2.05) is 6.07 Å². The summed E-state index contributed by atoms with van der Waals surface area (Å²) < 4.78 is 31.4. The fourth-order valence-electron chi connectivity index (χ4n) is 1.86. The second kappa shape index (κ2) is 6.49. The van der Waals surface area contributed by atoms with Crippen LogP contribution in [0.4, 0.5) is 0 Å². The topological polar surface area (TPSA) is 111 Å². The summed E-state index contributed by atoms with van der Waals surface area (Å²) in [7, 11) is -3.66. The van der Waals surface area contributed by atoms with Gasteiger partial charge in [-0.3, -0.25) is 0 Å². The van der Waals surface area contributed by atoms with Crippen LogP contribution in [-0.2, 0) is 19.7 Å². The largest absolute Gasteiger partial charge is 1.00 e. The van der Waals surface area contributed by atoms with Gasteiger partial charge in [0.2, 0.25) is 0 Å². The van der Waals surface area contributed by atoms with E-state index in [1.165, 1.54) is 4.31 Å². The van der Waals surface area contributed by atoms with Crippen molar-refractivity contribution in [2.45, 2.75) is 6.10 Å². The van der Waals surface area contributed by atoms with Gasteiger partial charge in [-0.25, -0.2) is 4.79 Å². The molecule has 0 aromatic carbocycles. The minimum absolute atomic E-state index is 0. The van der Waals surface area contributed by atoms with Crippen molar-refractivity contribution in [1.29, 1.82) is 5.26 Å². The molecule has 2 saturated heterocycles. The Balaban J connectivity index is 0.00000180. The minimum Gasteiger partial charge on any atom is -0.479 e. The first-order valence-corrected chi connectivity index (χ1v) is 6.84. The molecule has 0 aromatic heterocycles. The van der Waals surface area contributed by atoms with Gasteiger partial charge >= 0.3 is 35.5 Å². The van der Waals surface area contributed by atoms with Gasteiger partial charge in [0.05, 0.1) is 25.1 Å². The molecule has 0 aliphatic carbocycles. The molecule has 10 heteroatoms. The monoisotopic (exact) mass is 298 g/mol. The van der Waals surface area contributed by atoms with Gasteiger partial charge in [-0.2, -0.15) is 22.3 Å². The van der Waals surface area contributed by atoms with E-state index in [1.54, 1.807) is 0 Å². The van der Waals surface area contributed by atoms with Crippen molar-refractivity contribution in [2.24, 2.45) is 5.92 Å². The zero-order chi connectivity index (χ0) is 13.3. The molecule has 2 heterocycles. The molecule has 1 N–H and O–H groups in total. The van der Waals surface area contributed by atoms with E-state index in [4.69, 9.17) is 15.1 Å². The number of hydrogen-bond donors (Lipinski definition) is 1. The summed E-state index contributed by atoms with van der Waals surface area (Å²) in [5, 5.41) is 17.4. The average molecular weight is 298 g/mol. The van der Waals surface area contributed by atoms with Crippen molar-refractivity contribution in [3.8, 4) is 6.07 Å². The Morgan fingerprint density at radius 1 is 1.32 bits per heavy atom. The number of carboxylic acid groups (broad SMARTS) is 1. The van der Waals surface area contributed by atoms with Crippen LogP contribution in [0, 0.1) is 17.2 Å². The Hall–Kier alpha value is -0.210. The first-order valence-electron chi connectivity index (χ1n) is 5.44. The summed E-state index contributed by atoms with van der Waals surface area (Å²) in [5.74, 6) is -1.44. The quantitative estimate of drug-likeness (QED) is 0.526. The van der Waals surface area contributed by atoms with Gasteiger partial charge in [-0.1, -0.05) is 0 Å². The maximum absolute atomic E-state index is 12.1. The molecule has 0 spiro atoms. The predicted molar refractivity (Wildman–Crippen MR) is 58.5 cm³/mol. The number of aliphatic carboxylic acids is 1. The summed E-state index contributed by atoms with van der Waals surface area (Å²) in [6.07, 6.45) is -1.12. The molecule has 2 rings (SSSR count). The molecule has 1 atom stereocenters. The second-order valence-electron chi connectivity index (χ2n) is 4.21. The zero-order valence-corrected chi connectivity index (χ0v) is 13.3. The maximum Gasteiger partial charge on any atom is 1.00 e. The van der Waals surface area contributed by atoms with Gasteiger partial charge in [0.25, 0.3) is 10.2 Å². The Kier molecular flexibility index (Phi) is 5.76. The molecule has 0 radical (unpaired) electrons. The predicted octanol–water partition coefficient (Wildman–Crippen LogP) is -4.52. The molecule has 19 heavy (non-hydrogen) atoms. The van der Waals surface area contributed by atoms with Gasteiger partial charge in [-0.05, 0) is 0 Å². The van der Waals surface area contributed by atoms with E-state index >= 15 is 0 Å². The fraction of sp³-hybridized carbons (Fsp3) is 0.778. The zero-order valence-electron chi connectivity index (χ0n) is 10.5. The third kappa shape index (κ3) is 3.46. The normalized spacial score (nSPS) is 25.9. The number of hydrogen-bond acceptors (Lipinski definition) is 5. The van der Waals surface area contributed by atoms with Crippen molar-refractivity contribution in [3.05, 3.63) is 0 Å². The Labute approximate surface area is 133 Å². The fourth-order valence-corrected chi connectivity index (χ4v) is 3.55. The van der Waals surface area contributed by atoms with Gasteiger partial charge < -0.3 is 9.84 Å². The number of carboxylic acids is 1. The van der Waals surface area contributed by atoms with E-state index in [0.29, 0.717) is 0 Å². The maximum atomic E-state index is 12.1. The first-order chi connectivity index (χ1) is 8.45. The molecule has 100 valence electrons. The number of nitriles is 1. The SMILES string of the molecule is N#CC1CN(S(=O)(=O)N2CCO[C@H](C(=O)O)C2)C1.[Na+]. The van der Waals surface area contributed by atoms with E-state index in [2.05, 4.69) is 0 Å². The Morgan fingerprint density at radius 3 is 2.47 bits per heavy atom. The summed E-state index contributed by atoms with van der Waals surface area (Å²) in [6.45, 7) is 0.360. The molecule has 0 unspecified atom stereocenters. The summed E-state index contributed by atoms with van der Waals surface area (Å²) >= 11 is 0. The van der Waals surface area contributed by atoms with Crippen molar-refractivity contribution in [3.63, 3.8) is 0 Å². The van der Waals surface area contributed by atoms with Crippen LogP contribution in [0.2, 0.25) is 0 Å². The molecular weight excluding hydrogens is 285 g/mol. The van der Waals surface area contributed by atoms with E-state index < -0.39 is 22.3 Å². The minimum atomic E-state index is -3.66. The van der Waals surface area contributed by atoms with Crippen LogP contribution in [0.25, 0.3) is 0 Å². The number of morpholine rings is 1. The van der Waals surface area contributed by atoms with Gasteiger partial charge in [0.15, 0.2) is 6.10 Å². The molecule has 8 nitrogen and oxygen atoms in total. The van der Waals surface area contributed by atoms with Crippen LogP contribution in [0.1, 0.15) is 0 Å². The van der Waals surface area contributed by atoms with Crippen molar-refractivity contribution < 1.29 is 52.6 Å². The Morgan fingerprint density at radius 2 is 1.95 bits per heavy atom. The van der Waals surface area contributed by atoms with Crippen LogP contribution in [0.15, 0.2) is 0 Å². The smallest absolute Gasteiger partial charge is 0.479 e. The summed E-state index contributed by atoms with van der Waals surface area (Å²) in [6, 6.07) is 1.99. The van der Waals surface area contributed by atoms with Gasteiger partial charge in [0.1, 0.15) is 0 Å². The van der Waals surface area contributed by atoms with Crippen LogP contribution in [0.5, 0.6) is 0 Å². The van der Waals surface area contributed by atoms with Crippen molar-refractivity contribution in [2.75, 3.05) is 32.8 Å². The molecule has 0 bridgehead atoms. The third-order valence-electron chi connectivity index (χ3n) is 2.99. The molecule has 0 amide bonds. The third-order valence-corrected chi connectivity index (χ3v) is 4.92. The Bertz CT molecular complexity index is 485. The van der Waals surface area contributed by atoms with Crippen LogP contribution in [0.3, 0.4) is 0 Å². The number of rotatable bonds is 3. The summed E-state index contributed by atoms with van der Waals surface area (Å²) in [5.41, 5.74) is 0. The summed E-state index contributed by atoms with van der Waals surface area (Å²) in [4.78, 5) is 10.8. The van der Waals surface area contributed by atoms with E-state index in [9.17, 15) is 13.2 Å². The average Bonchev–Trinajstić information content (AvgIpc) is 2.27. The molecule has 0 saturated carbocycles. The van der Waals surface area contributed by atoms with Gasteiger partial charge in [0, 0.05) is 19.6 Å². The molecule has 2 fully saturated rings. The molecular formula is C9H13N3NaO5S+. The van der Waals surface area contributed by atoms with Crippen LogP contribution >= 0.6 is 0 Å². The second-order valence-corrected chi connectivity index (χ2v) is 6.13. The number of nitrogens with zero attached hydrogens (tertiary/aromatic N) is 3. The molecule has 0 aromatic rings. The van der Waals surface area contributed by atoms with E-state index in [-0.39, 0.29) is 68.3 Å². The molecule has 2 aliphatic heterocycles. The van der Waals surface area contributed by atoms with E-state index in [0.717, 1.165) is 4.31 Å². The van der Waals surface area contributed by atoms with Gasteiger partial charge in [-0.15, -0.1) is 0 Å². The van der Waals surface area contributed by atoms with Crippen LogP contribution in [-0.4, -0.2) is 67.0 Å². The van der Waals surface area contributed by atoms with Crippen LogP contribution < -0.4 is 29.6 Å².